The number of nitrogens with one attached hydrogen (secondary N) is 1. The Labute approximate surface area is 113 Å². The molecule has 108 valence electrons. The molecule has 2 saturated heterocycles. The van der Waals surface area contributed by atoms with Gasteiger partial charge in [0.2, 0.25) is 11.8 Å². The normalized spacial score (nSPS) is 31.4. The van der Waals surface area contributed by atoms with Crippen molar-refractivity contribution >= 4 is 21.7 Å². The molecule has 0 saturated carbocycles. The van der Waals surface area contributed by atoms with E-state index in [9.17, 15) is 18.0 Å². The number of rotatable bonds is 2. The maximum absolute atomic E-state index is 12.4. The predicted octanol–water partition coefficient (Wildman–Crippen LogP) is -0.453. The van der Waals surface area contributed by atoms with E-state index < -0.39 is 15.9 Å². The summed E-state index contributed by atoms with van der Waals surface area (Å²) >= 11 is 0. The molecule has 2 aliphatic heterocycles. The summed E-state index contributed by atoms with van der Waals surface area (Å²) in [7, 11) is -3.03. The lowest BCUT2D eigenvalue weighted by atomic mass is 10.0. The van der Waals surface area contributed by atoms with Crippen molar-refractivity contribution in [1.29, 1.82) is 0 Å². The van der Waals surface area contributed by atoms with E-state index in [0.717, 1.165) is 0 Å². The zero-order valence-electron chi connectivity index (χ0n) is 11.3. The SMILES string of the molecule is CC(C)C1NC(=O)CCN(C2CCS(=O)(=O)C2)C1=O. The molecule has 0 spiro atoms. The second-order valence-corrected chi connectivity index (χ2v) is 7.86. The van der Waals surface area contributed by atoms with Gasteiger partial charge in [0.15, 0.2) is 9.84 Å². The number of hydrogen-bond donors (Lipinski definition) is 1. The fourth-order valence-electron chi connectivity index (χ4n) is 2.65. The number of carbonyl (C=O) groups is 2. The van der Waals surface area contributed by atoms with Gasteiger partial charge in [0.05, 0.1) is 11.5 Å². The van der Waals surface area contributed by atoms with Crippen molar-refractivity contribution in [3.8, 4) is 0 Å². The number of amides is 2. The third-order valence-electron chi connectivity index (χ3n) is 3.76. The van der Waals surface area contributed by atoms with Gasteiger partial charge in [-0.2, -0.15) is 0 Å². The van der Waals surface area contributed by atoms with Crippen molar-refractivity contribution in [2.75, 3.05) is 18.1 Å². The molecule has 19 heavy (non-hydrogen) atoms. The molecule has 0 aliphatic carbocycles. The Balaban J connectivity index is 2.19. The molecule has 0 bridgehead atoms. The highest BCUT2D eigenvalue weighted by atomic mass is 32.2. The molecule has 2 unspecified atom stereocenters. The van der Waals surface area contributed by atoms with Crippen molar-refractivity contribution in [2.45, 2.75) is 38.8 Å². The Morgan fingerprint density at radius 1 is 1.32 bits per heavy atom. The molecule has 2 atom stereocenters. The fraction of sp³-hybridized carbons (Fsp3) is 0.833. The first-order valence-corrected chi connectivity index (χ1v) is 8.42. The van der Waals surface area contributed by atoms with Crippen LogP contribution in [0.25, 0.3) is 0 Å². The van der Waals surface area contributed by atoms with Crippen LogP contribution in [0.2, 0.25) is 0 Å². The van der Waals surface area contributed by atoms with Crippen molar-refractivity contribution in [3.63, 3.8) is 0 Å². The van der Waals surface area contributed by atoms with E-state index in [-0.39, 0.29) is 41.7 Å². The average Bonchev–Trinajstić information content (AvgIpc) is 2.58. The molecular weight excluding hydrogens is 268 g/mol. The number of nitrogens with zero attached hydrogens (tertiary/aromatic N) is 1. The average molecular weight is 288 g/mol. The summed E-state index contributed by atoms with van der Waals surface area (Å²) in [5.41, 5.74) is 0. The van der Waals surface area contributed by atoms with Gasteiger partial charge in [-0.3, -0.25) is 9.59 Å². The van der Waals surface area contributed by atoms with E-state index in [1.165, 1.54) is 0 Å². The molecule has 2 rings (SSSR count). The standard InChI is InChI=1S/C12H20N2O4S/c1-8(2)11-12(16)14(5-3-10(15)13-11)9-4-6-19(17,18)7-9/h8-9,11H,3-7H2,1-2H3,(H,13,15). The van der Waals surface area contributed by atoms with E-state index in [2.05, 4.69) is 5.32 Å². The lowest BCUT2D eigenvalue weighted by Gasteiger charge is -2.30. The van der Waals surface area contributed by atoms with Crippen LogP contribution in [0.1, 0.15) is 26.7 Å². The van der Waals surface area contributed by atoms with Crippen LogP contribution in [-0.2, 0) is 19.4 Å². The van der Waals surface area contributed by atoms with Crippen LogP contribution in [0.3, 0.4) is 0 Å². The molecule has 0 aromatic rings. The quantitative estimate of drug-likeness (QED) is 0.746. The zero-order valence-corrected chi connectivity index (χ0v) is 12.1. The van der Waals surface area contributed by atoms with E-state index in [4.69, 9.17) is 0 Å². The summed E-state index contributed by atoms with van der Waals surface area (Å²) in [6, 6.07) is -0.815. The molecule has 2 aliphatic rings. The van der Waals surface area contributed by atoms with E-state index in [0.29, 0.717) is 13.0 Å². The molecule has 0 aromatic heterocycles. The minimum Gasteiger partial charge on any atom is -0.344 e. The molecule has 0 aromatic carbocycles. The minimum absolute atomic E-state index is 0.00457. The fourth-order valence-corrected chi connectivity index (χ4v) is 4.38. The van der Waals surface area contributed by atoms with Crippen LogP contribution in [0, 0.1) is 5.92 Å². The second-order valence-electron chi connectivity index (χ2n) is 5.63. The first kappa shape index (κ1) is 14.3. The van der Waals surface area contributed by atoms with Crippen molar-refractivity contribution < 1.29 is 18.0 Å². The molecule has 2 heterocycles. The van der Waals surface area contributed by atoms with E-state index >= 15 is 0 Å². The van der Waals surface area contributed by atoms with Crippen molar-refractivity contribution in [1.82, 2.24) is 10.2 Å². The largest absolute Gasteiger partial charge is 0.344 e. The summed E-state index contributed by atoms with van der Waals surface area (Å²) in [4.78, 5) is 25.7. The monoisotopic (exact) mass is 288 g/mol. The molecule has 2 amide bonds. The van der Waals surface area contributed by atoms with Crippen LogP contribution in [-0.4, -0.2) is 55.3 Å². The Kier molecular flexibility index (Phi) is 3.85. The molecule has 0 radical (unpaired) electrons. The van der Waals surface area contributed by atoms with Gasteiger partial charge in [-0.15, -0.1) is 0 Å². The maximum atomic E-state index is 12.4. The Hall–Kier alpha value is -1.11. The van der Waals surface area contributed by atoms with Crippen molar-refractivity contribution in [3.05, 3.63) is 0 Å². The highest BCUT2D eigenvalue weighted by molar-refractivity contribution is 7.91. The predicted molar refractivity (Wildman–Crippen MR) is 70.2 cm³/mol. The van der Waals surface area contributed by atoms with Crippen LogP contribution < -0.4 is 5.32 Å². The molecule has 7 heteroatoms. The summed E-state index contributed by atoms with van der Waals surface area (Å²) in [5.74, 6) is -0.138. The van der Waals surface area contributed by atoms with E-state index in [1.54, 1.807) is 4.90 Å². The molecule has 2 fully saturated rings. The van der Waals surface area contributed by atoms with E-state index in [1.807, 2.05) is 13.8 Å². The molecular formula is C12H20N2O4S. The van der Waals surface area contributed by atoms with Gasteiger partial charge >= 0.3 is 0 Å². The zero-order chi connectivity index (χ0) is 14.2. The van der Waals surface area contributed by atoms with Crippen molar-refractivity contribution in [2.24, 2.45) is 5.92 Å². The van der Waals surface area contributed by atoms with Gasteiger partial charge in [0, 0.05) is 19.0 Å². The summed E-state index contributed by atoms with van der Waals surface area (Å²) in [6.07, 6.45) is 0.721. The van der Waals surface area contributed by atoms with Gasteiger partial charge in [0.25, 0.3) is 0 Å². The topological polar surface area (TPSA) is 83.6 Å². The van der Waals surface area contributed by atoms with Gasteiger partial charge < -0.3 is 10.2 Å². The van der Waals surface area contributed by atoms with Gasteiger partial charge in [-0.1, -0.05) is 13.8 Å². The Morgan fingerprint density at radius 3 is 2.53 bits per heavy atom. The summed E-state index contributed by atoms with van der Waals surface area (Å²) < 4.78 is 23.1. The smallest absolute Gasteiger partial charge is 0.245 e. The highest BCUT2D eigenvalue weighted by Crippen LogP contribution is 2.21. The Bertz CT molecular complexity index is 486. The summed E-state index contributed by atoms with van der Waals surface area (Å²) in [6.45, 7) is 4.06. The second kappa shape index (κ2) is 5.11. The number of carbonyl (C=O) groups excluding carboxylic acids is 2. The van der Waals surface area contributed by atoms with Crippen LogP contribution in [0.15, 0.2) is 0 Å². The first-order chi connectivity index (χ1) is 8.80. The van der Waals surface area contributed by atoms with Crippen LogP contribution in [0.5, 0.6) is 0 Å². The first-order valence-electron chi connectivity index (χ1n) is 6.60. The molecule has 6 nitrogen and oxygen atoms in total. The molecule has 1 N–H and O–H groups in total. The third kappa shape index (κ3) is 3.08. The minimum atomic E-state index is -3.03. The lowest BCUT2D eigenvalue weighted by Crippen LogP contribution is -2.51. The lowest BCUT2D eigenvalue weighted by molar-refractivity contribution is -0.136. The highest BCUT2D eigenvalue weighted by Gasteiger charge is 2.39. The Morgan fingerprint density at radius 2 is 2.00 bits per heavy atom. The maximum Gasteiger partial charge on any atom is 0.245 e. The van der Waals surface area contributed by atoms with Gasteiger partial charge in [-0.25, -0.2) is 8.42 Å². The third-order valence-corrected chi connectivity index (χ3v) is 5.51. The van der Waals surface area contributed by atoms with Crippen LogP contribution in [0.4, 0.5) is 0 Å². The number of sulfone groups is 1. The van der Waals surface area contributed by atoms with Crippen LogP contribution >= 0.6 is 0 Å². The number of hydrogen-bond acceptors (Lipinski definition) is 4. The summed E-state index contributed by atoms with van der Waals surface area (Å²) in [5, 5.41) is 2.72. The van der Waals surface area contributed by atoms with Gasteiger partial charge in [0.1, 0.15) is 6.04 Å². The van der Waals surface area contributed by atoms with Gasteiger partial charge in [-0.05, 0) is 12.3 Å².